The van der Waals surface area contributed by atoms with Gasteiger partial charge in [0.25, 0.3) is 5.56 Å². The zero-order valence-electron chi connectivity index (χ0n) is 16.5. The Balaban J connectivity index is 1.73. The number of nitrogens with zero attached hydrogens (tertiary/aromatic N) is 1. The van der Waals surface area contributed by atoms with Gasteiger partial charge in [0, 0.05) is 17.3 Å². The number of aromatic amines is 1. The Kier molecular flexibility index (Phi) is 4.67. The molecule has 0 aliphatic heterocycles. The number of para-hydroxylation sites is 1. The van der Waals surface area contributed by atoms with Gasteiger partial charge in [0.15, 0.2) is 0 Å². The molecule has 1 saturated carbocycles. The topological polar surface area (TPSA) is 66.9 Å². The Morgan fingerprint density at radius 2 is 1.79 bits per heavy atom. The van der Waals surface area contributed by atoms with Gasteiger partial charge in [-0.3, -0.25) is 14.7 Å². The monoisotopic (exact) mass is 375 g/mol. The maximum absolute atomic E-state index is 13.3. The summed E-state index contributed by atoms with van der Waals surface area (Å²) in [6.45, 7) is 6.14. The van der Waals surface area contributed by atoms with Crippen LogP contribution >= 0.6 is 0 Å². The molecule has 3 aromatic rings. The molecule has 1 fully saturated rings. The number of aryl methyl sites for hydroxylation is 1. The molecule has 1 aromatic heterocycles. The van der Waals surface area contributed by atoms with Gasteiger partial charge in [-0.05, 0) is 55.0 Å². The SMILES string of the molecule is Cc1ccccc1-n1[nH]c(C(C)C)c(-c2ccc(NC(=O)C3CC3)cc2)c1=O. The molecule has 0 unspecified atom stereocenters. The van der Waals surface area contributed by atoms with Gasteiger partial charge in [-0.1, -0.05) is 44.2 Å². The van der Waals surface area contributed by atoms with E-state index >= 15 is 0 Å². The Hall–Kier alpha value is -3.08. The highest BCUT2D eigenvalue weighted by Gasteiger charge is 2.29. The van der Waals surface area contributed by atoms with Crippen molar-refractivity contribution in [2.24, 2.45) is 5.92 Å². The van der Waals surface area contributed by atoms with Crippen LogP contribution in [0, 0.1) is 12.8 Å². The standard InChI is InChI=1S/C23H25N3O2/c1-14(2)21-20(23(28)26(25-21)19-7-5-4-6-15(19)3)16-10-12-18(13-11-16)24-22(27)17-8-9-17/h4-7,10-14,17,25H,8-9H2,1-3H3,(H,24,27). The summed E-state index contributed by atoms with van der Waals surface area (Å²) >= 11 is 0. The van der Waals surface area contributed by atoms with Crippen molar-refractivity contribution in [1.82, 2.24) is 9.78 Å². The van der Waals surface area contributed by atoms with Gasteiger partial charge in [0.1, 0.15) is 0 Å². The lowest BCUT2D eigenvalue weighted by Gasteiger charge is -2.08. The van der Waals surface area contributed by atoms with Gasteiger partial charge in [-0.25, -0.2) is 4.68 Å². The van der Waals surface area contributed by atoms with E-state index in [0.717, 1.165) is 41.0 Å². The molecule has 28 heavy (non-hydrogen) atoms. The van der Waals surface area contributed by atoms with Crippen LogP contribution in [0.4, 0.5) is 5.69 Å². The predicted octanol–water partition coefficient (Wildman–Crippen LogP) is 4.61. The first-order valence-electron chi connectivity index (χ1n) is 9.78. The Morgan fingerprint density at radius 3 is 2.39 bits per heavy atom. The van der Waals surface area contributed by atoms with Crippen LogP contribution in [0.3, 0.4) is 0 Å². The summed E-state index contributed by atoms with van der Waals surface area (Å²) < 4.78 is 1.63. The van der Waals surface area contributed by atoms with E-state index in [-0.39, 0.29) is 23.3 Å². The van der Waals surface area contributed by atoms with Crippen molar-refractivity contribution in [2.75, 3.05) is 5.32 Å². The van der Waals surface area contributed by atoms with Crippen molar-refractivity contribution in [1.29, 1.82) is 0 Å². The molecule has 0 atom stereocenters. The zero-order valence-corrected chi connectivity index (χ0v) is 16.5. The Bertz CT molecular complexity index is 1070. The highest BCUT2D eigenvalue weighted by molar-refractivity contribution is 5.94. The lowest BCUT2D eigenvalue weighted by molar-refractivity contribution is -0.117. The van der Waals surface area contributed by atoms with E-state index in [4.69, 9.17) is 0 Å². The molecule has 0 spiro atoms. The van der Waals surface area contributed by atoms with Gasteiger partial charge in [0.05, 0.1) is 11.3 Å². The number of H-pyrrole nitrogens is 1. The summed E-state index contributed by atoms with van der Waals surface area (Å²) in [7, 11) is 0. The van der Waals surface area contributed by atoms with Crippen molar-refractivity contribution in [3.05, 3.63) is 70.1 Å². The number of rotatable bonds is 5. The number of hydrogen-bond donors (Lipinski definition) is 2. The lowest BCUT2D eigenvalue weighted by atomic mass is 9.99. The molecule has 5 nitrogen and oxygen atoms in total. The largest absolute Gasteiger partial charge is 0.326 e. The molecule has 0 radical (unpaired) electrons. The van der Waals surface area contributed by atoms with Crippen molar-refractivity contribution in [3.63, 3.8) is 0 Å². The summed E-state index contributed by atoms with van der Waals surface area (Å²) in [4.78, 5) is 25.2. The highest BCUT2D eigenvalue weighted by atomic mass is 16.2. The van der Waals surface area contributed by atoms with Crippen LogP contribution in [0.25, 0.3) is 16.8 Å². The number of amides is 1. The summed E-state index contributed by atoms with van der Waals surface area (Å²) in [5, 5.41) is 6.25. The first-order valence-corrected chi connectivity index (χ1v) is 9.78. The van der Waals surface area contributed by atoms with E-state index in [1.165, 1.54) is 0 Å². The summed E-state index contributed by atoms with van der Waals surface area (Å²) in [5.41, 5.74) is 5.03. The number of benzene rings is 2. The minimum atomic E-state index is -0.0623. The van der Waals surface area contributed by atoms with Gasteiger partial charge < -0.3 is 5.32 Å². The van der Waals surface area contributed by atoms with Crippen molar-refractivity contribution < 1.29 is 4.79 Å². The minimum absolute atomic E-state index is 0.0623. The van der Waals surface area contributed by atoms with Crippen LogP contribution in [0.5, 0.6) is 0 Å². The first-order chi connectivity index (χ1) is 13.5. The fourth-order valence-corrected chi connectivity index (χ4v) is 3.44. The van der Waals surface area contributed by atoms with E-state index in [1.807, 2.05) is 55.5 Å². The van der Waals surface area contributed by atoms with Gasteiger partial charge >= 0.3 is 0 Å². The predicted molar refractivity (Wildman–Crippen MR) is 112 cm³/mol. The normalized spacial score (nSPS) is 13.7. The average molecular weight is 375 g/mol. The van der Waals surface area contributed by atoms with Crippen LogP contribution < -0.4 is 10.9 Å². The summed E-state index contributed by atoms with van der Waals surface area (Å²) in [6.07, 6.45) is 1.95. The molecule has 144 valence electrons. The van der Waals surface area contributed by atoms with Crippen LogP contribution in [0.1, 0.15) is 43.9 Å². The second kappa shape index (κ2) is 7.15. The number of aromatic nitrogens is 2. The number of anilines is 1. The van der Waals surface area contributed by atoms with Crippen molar-refractivity contribution >= 4 is 11.6 Å². The van der Waals surface area contributed by atoms with Gasteiger partial charge in [-0.15, -0.1) is 0 Å². The third-order valence-corrected chi connectivity index (χ3v) is 5.24. The Labute approximate surface area is 164 Å². The molecule has 4 rings (SSSR count). The van der Waals surface area contributed by atoms with E-state index in [9.17, 15) is 9.59 Å². The van der Waals surface area contributed by atoms with E-state index in [0.29, 0.717) is 5.56 Å². The van der Waals surface area contributed by atoms with Crippen molar-refractivity contribution in [3.8, 4) is 16.8 Å². The molecule has 1 amide bonds. The smallest absolute Gasteiger partial charge is 0.279 e. The van der Waals surface area contributed by atoms with Crippen LogP contribution in [0.15, 0.2) is 53.3 Å². The summed E-state index contributed by atoms with van der Waals surface area (Å²) in [6, 6.07) is 15.4. The number of hydrogen-bond acceptors (Lipinski definition) is 2. The average Bonchev–Trinajstić information content (AvgIpc) is 3.47. The molecular formula is C23H25N3O2. The third-order valence-electron chi connectivity index (χ3n) is 5.24. The second-order valence-electron chi connectivity index (χ2n) is 7.82. The quantitative estimate of drug-likeness (QED) is 0.684. The molecular weight excluding hydrogens is 350 g/mol. The molecule has 2 aromatic carbocycles. The van der Waals surface area contributed by atoms with Crippen LogP contribution in [-0.4, -0.2) is 15.7 Å². The molecule has 2 N–H and O–H groups in total. The van der Waals surface area contributed by atoms with E-state index in [2.05, 4.69) is 24.3 Å². The molecule has 1 heterocycles. The Morgan fingerprint density at radius 1 is 1.11 bits per heavy atom. The van der Waals surface area contributed by atoms with Gasteiger partial charge in [0.2, 0.25) is 5.91 Å². The second-order valence-corrected chi connectivity index (χ2v) is 7.82. The fourth-order valence-electron chi connectivity index (χ4n) is 3.44. The maximum atomic E-state index is 13.3. The fraction of sp³-hybridized carbons (Fsp3) is 0.304. The van der Waals surface area contributed by atoms with Gasteiger partial charge in [-0.2, -0.15) is 0 Å². The third kappa shape index (κ3) is 3.40. The molecule has 5 heteroatoms. The van der Waals surface area contributed by atoms with Crippen LogP contribution in [-0.2, 0) is 4.79 Å². The minimum Gasteiger partial charge on any atom is -0.326 e. The molecule has 0 saturated heterocycles. The maximum Gasteiger partial charge on any atom is 0.279 e. The number of carbonyl (C=O) groups excluding carboxylic acids is 1. The van der Waals surface area contributed by atoms with Crippen LogP contribution in [0.2, 0.25) is 0 Å². The zero-order chi connectivity index (χ0) is 19.8. The first kappa shape index (κ1) is 18.3. The van der Waals surface area contributed by atoms with E-state index < -0.39 is 0 Å². The van der Waals surface area contributed by atoms with Crippen molar-refractivity contribution in [2.45, 2.75) is 39.5 Å². The molecule has 1 aliphatic rings. The van der Waals surface area contributed by atoms with E-state index in [1.54, 1.807) is 4.68 Å². The number of carbonyl (C=O) groups is 1. The lowest BCUT2D eigenvalue weighted by Crippen LogP contribution is -2.16. The molecule has 1 aliphatic carbocycles. The highest BCUT2D eigenvalue weighted by Crippen LogP contribution is 2.31. The molecule has 0 bridgehead atoms. The summed E-state index contributed by atoms with van der Waals surface area (Å²) in [5.74, 6) is 0.416. The number of nitrogens with one attached hydrogen (secondary N) is 2.